The molecule has 0 amide bonds. The van der Waals surface area contributed by atoms with Gasteiger partial charge in [-0.05, 0) is 12.1 Å². The average Bonchev–Trinajstić information content (AvgIpc) is 2.17. The lowest BCUT2D eigenvalue weighted by molar-refractivity contribution is -0.124. The minimum atomic E-state index is -0.118. The molecule has 0 spiro atoms. The van der Waals surface area contributed by atoms with E-state index in [0.717, 1.165) is 0 Å². The SMILES string of the molecule is COCC(=O)COc1ccccc1Cl. The minimum absolute atomic E-state index is 0.0163. The highest BCUT2D eigenvalue weighted by molar-refractivity contribution is 6.32. The van der Waals surface area contributed by atoms with Gasteiger partial charge in [0.1, 0.15) is 19.0 Å². The Morgan fingerprint density at radius 3 is 2.71 bits per heavy atom. The number of ether oxygens (including phenoxy) is 2. The fraction of sp³-hybridized carbons (Fsp3) is 0.300. The van der Waals surface area contributed by atoms with Gasteiger partial charge in [-0.25, -0.2) is 0 Å². The molecule has 0 saturated carbocycles. The second-order valence-corrected chi connectivity index (χ2v) is 3.10. The molecule has 1 aromatic rings. The molecule has 3 nitrogen and oxygen atoms in total. The lowest BCUT2D eigenvalue weighted by atomic mass is 10.3. The number of hydrogen-bond donors (Lipinski definition) is 0. The van der Waals surface area contributed by atoms with Crippen LogP contribution >= 0.6 is 11.6 Å². The molecule has 0 N–H and O–H groups in total. The molecule has 4 heteroatoms. The highest BCUT2D eigenvalue weighted by Crippen LogP contribution is 2.22. The lowest BCUT2D eigenvalue weighted by Gasteiger charge is -2.06. The summed E-state index contributed by atoms with van der Waals surface area (Å²) in [6.45, 7) is 0.0437. The quantitative estimate of drug-likeness (QED) is 0.752. The Morgan fingerprint density at radius 1 is 1.36 bits per heavy atom. The van der Waals surface area contributed by atoms with E-state index in [9.17, 15) is 4.79 Å². The van der Waals surface area contributed by atoms with E-state index in [2.05, 4.69) is 4.74 Å². The number of carbonyl (C=O) groups is 1. The van der Waals surface area contributed by atoms with Crippen LogP contribution < -0.4 is 4.74 Å². The summed E-state index contributed by atoms with van der Waals surface area (Å²) in [5.41, 5.74) is 0. The van der Waals surface area contributed by atoms with Gasteiger partial charge in [0, 0.05) is 7.11 Å². The van der Waals surface area contributed by atoms with Gasteiger partial charge < -0.3 is 9.47 Å². The number of hydrogen-bond acceptors (Lipinski definition) is 3. The van der Waals surface area contributed by atoms with Gasteiger partial charge in [0.25, 0.3) is 0 Å². The minimum Gasteiger partial charge on any atom is -0.484 e. The number of benzene rings is 1. The van der Waals surface area contributed by atoms with E-state index in [1.165, 1.54) is 7.11 Å². The maximum absolute atomic E-state index is 11.0. The third kappa shape index (κ3) is 3.36. The summed E-state index contributed by atoms with van der Waals surface area (Å²) >= 11 is 5.82. The van der Waals surface area contributed by atoms with E-state index >= 15 is 0 Å². The molecule has 0 aliphatic rings. The van der Waals surface area contributed by atoms with Gasteiger partial charge in [-0.15, -0.1) is 0 Å². The van der Waals surface area contributed by atoms with E-state index in [0.29, 0.717) is 10.8 Å². The molecule has 0 aliphatic heterocycles. The second-order valence-electron chi connectivity index (χ2n) is 2.69. The molecule has 0 atom stereocenters. The third-order valence-electron chi connectivity index (χ3n) is 1.53. The van der Waals surface area contributed by atoms with Crippen molar-refractivity contribution in [2.24, 2.45) is 0 Å². The topological polar surface area (TPSA) is 35.5 Å². The Bertz CT molecular complexity index is 312. The van der Waals surface area contributed by atoms with E-state index in [-0.39, 0.29) is 19.0 Å². The number of Topliss-reactive ketones (excluding diaryl/α,β-unsaturated/α-hetero) is 1. The zero-order chi connectivity index (χ0) is 10.4. The molecule has 1 aromatic carbocycles. The molecule has 0 bridgehead atoms. The van der Waals surface area contributed by atoms with Crippen LogP contribution in [0, 0.1) is 0 Å². The van der Waals surface area contributed by atoms with Gasteiger partial charge in [0.2, 0.25) is 0 Å². The standard InChI is InChI=1S/C10H11ClO3/c1-13-6-8(12)7-14-10-5-3-2-4-9(10)11/h2-5H,6-7H2,1H3. The number of ketones is 1. The van der Waals surface area contributed by atoms with Crippen LogP contribution in [0.5, 0.6) is 5.75 Å². The van der Waals surface area contributed by atoms with Crippen molar-refractivity contribution in [3.05, 3.63) is 29.3 Å². The summed E-state index contributed by atoms with van der Waals surface area (Å²) in [6, 6.07) is 7.01. The molecule has 0 radical (unpaired) electrons. The number of rotatable bonds is 5. The first-order chi connectivity index (χ1) is 6.74. The molecule has 0 heterocycles. The van der Waals surface area contributed by atoms with Crippen LogP contribution in [0.1, 0.15) is 0 Å². The zero-order valence-corrected chi connectivity index (χ0v) is 8.58. The summed E-state index contributed by atoms with van der Waals surface area (Å²) < 4.78 is 9.85. The van der Waals surface area contributed by atoms with Crippen molar-refractivity contribution >= 4 is 17.4 Å². The van der Waals surface area contributed by atoms with Crippen LogP contribution in [0.2, 0.25) is 5.02 Å². The maximum atomic E-state index is 11.0. The first-order valence-electron chi connectivity index (χ1n) is 4.12. The molecule has 0 fully saturated rings. The Morgan fingerprint density at radius 2 is 2.07 bits per heavy atom. The smallest absolute Gasteiger partial charge is 0.195 e. The molecule has 0 unspecified atom stereocenters. The van der Waals surface area contributed by atoms with Gasteiger partial charge in [-0.2, -0.15) is 0 Å². The molecule has 76 valence electrons. The van der Waals surface area contributed by atoms with Crippen LogP contribution in [0.25, 0.3) is 0 Å². The van der Waals surface area contributed by atoms with Gasteiger partial charge in [0.05, 0.1) is 5.02 Å². The summed E-state index contributed by atoms with van der Waals surface area (Å²) in [4.78, 5) is 11.0. The van der Waals surface area contributed by atoms with E-state index < -0.39 is 0 Å². The Kier molecular flexibility index (Phi) is 4.43. The van der Waals surface area contributed by atoms with Crippen LogP contribution in [0.15, 0.2) is 24.3 Å². The number of para-hydroxylation sites is 1. The second kappa shape index (κ2) is 5.62. The summed E-state index contributed by atoms with van der Waals surface area (Å²) in [6.07, 6.45) is 0. The molecular formula is C10H11ClO3. The van der Waals surface area contributed by atoms with Crippen molar-refractivity contribution in [1.29, 1.82) is 0 Å². The third-order valence-corrected chi connectivity index (χ3v) is 1.84. The average molecular weight is 215 g/mol. The number of methoxy groups -OCH3 is 1. The predicted octanol–water partition coefficient (Wildman–Crippen LogP) is 1.93. The summed E-state index contributed by atoms with van der Waals surface area (Å²) in [7, 11) is 1.47. The van der Waals surface area contributed by atoms with Gasteiger partial charge >= 0.3 is 0 Å². The fourth-order valence-corrected chi connectivity index (χ4v) is 1.11. The van der Waals surface area contributed by atoms with Crippen LogP contribution in [0.4, 0.5) is 0 Å². The molecular weight excluding hydrogens is 204 g/mol. The molecule has 0 aromatic heterocycles. The van der Waals surface area contributed by atoms with Crippen molar-refractivity contribution < 1.29 is 14.3 Å². The lowest BCUT2D eigenvalue weighted by Crippen LogP contribution is -2.16. The Labute approximate surface area is 87.6 Å². The maximum Gasteiger partial charge on any atom is 0.195 e. The highest BCUT2D eigenvalue weighted by atomic mass is 35.5. The zero-order valence-electron chi connectivity index (χ0n) is 7.83. The van der Waals surface area contributed by atoms with Gasteiger partial charge in [-0.3, -0.25) is 4.79 Å². The highest BCUT2D eigenvalue weighted by Gasteiger charge is 2.04. The Balaban J connectivity index is 2.46. The van der Waals surface area contributed by atoms with Crippen LogP contribution in [-0.4, -0.2) is 26.1 Å². The monoisotopic (exact) mass is 214 g/mol. The normalized spacial score (nSPS) is 9.86. The van der Waals surface area contributed by atoms with E-state index in [1.807, 2.05) is 0 Å². The first-order valence-corrected chi connectivity index (χ1v) is 4.50. The molecule has 1 rings (SSSR count). The van der Waals surface area contributed by atoms with Crippen molar-refractivity contribution in [2.75, 3.05) is 20.3 Å². The molecule has 0 saturated heterocycles. The van der Waals surface area contributed by atoms with Crippen molar-refractivity contribution in [2.45, 2.75) is 0 Å². The number of halogens is 1. The fourth-order valence-electron chi connectivity index (χ4n) is 0.923. The van der Waals surface area contributed by atoms with E-state index in [1.54, 1.807) is 24.3 Å². The van der Waals surface area contributed by atoms with Crippen molar-refractivity contribution in [1.82, 2.24) is 0 Å². The summed E-state index contributed by atoms with van der Waals surface area (Å²) in [5.74, 6) is 0.394. The largest absolute Gasteiger partial charge is 0.484 e. The van der Waals surface area contributed by atoms with Crippen LogP contribution in [-0.2, 0) is 9.53 Å². The van der Waals surface area contributed by atoms with Crippen LogP contribution in [0.3, 0.4) is 0 Å². The molecule has 0 aliphatic carbocycles. The number of carbonyl (C=O) groups excluding carboxylic acids is 1. The molecule has 14 heavy (non-hydrogen) atoms. The summed E-state index contributed by atoms with van der Waals surface area (Å²) in [5, 5.41) is 0.498. The van der Waals surface area contributed by atoms with Gasteiger partial charge in [-0.1, -0.05) is 23.7 Å². The van der Waals surface area contributed by atoms with Gasteiger partial charge in [0.15, 0.2) is 5.78 Å². The van der Waals surface area contributed by atoms with E-state index in [4.69, 9.17) is 16.3 Å². The van der Waals surface area contributed by atoms with Crippen molar-refractivity contribution in [3.8, 4) is 5.75 Å². The first kappa shape index (κ1) is 11.0. The van der Waals surface area contributed by atoms with Crippen molar-refractivity contribution in [3.63, 3.8) is 0 Å². The predicted molar refractivity (Wildman–Crippen MR) is 53.8 cm³/mol. The Hall–Kier alpha value is -1.06.